The summed E-state index contributed by atoms with van der Waals surface area (Å²) in [5.74, 6) is 0. The molecule has 0 bridgehead atoms. The second-order valence-corrected chi connectivity index (χ2v) is 13.1. The van der Waals surface area contributed by atoms with Gasteiger partial charge in [0.25, 0.3) is 0 Å². The van der Waals surface area contributed by atoms with Crippen molar-refractivity contribution in [2.24, 2.45) is 0 Å². The van der Waals surface area contributed by atoms with E-state index in [1.54, 1.807) is 0 Å². The maximum absolute atomic E-state index is 3.86. The van der Waals surface area contributed by atoms with Crippen LogP contribution in [-0.2, 0) is 0 Å². The second-order valence-electron chi connectivity index (χ2n) is 12.1. The van der Waals surface area contributed by atoms with Gasteiger partial charge in [-0.05, 0) is 41.8 Å². The van der Waals surface area contributed by atoms with Crippen LogP contribution in [0.2, 0.25) is 0 Å². The molecular weight excluding hydrogens is 552 g/mol. The summed E-state index contributed by atoms with van der Waals surface area (Å²) in [7, 11) is 4.15. The fraction of sp³-hybridized carbons (Fsp3) is 0.676. The highest BCUT2D eigenvalue weighted by atomic mass is 79.9. The van der Waals surface area contributed by atoms with Gasteiger partial charge in [0.05, 0.1) is 0 Å². The van der Waals surface area contributed by atoms with Gasteiger partial charge in [-0.3, -0.25) is 0 Å². The highest BCUT2D eigenvalue weighted by Gasteiger charge is 2.12. The first-order valence-corrected chi connectivity index (χ1v) is 17.8. The summed E-state index contributed by atoms with van der Waals surface area (Å²) in [6, 6.07) is 8.69. The van der Waals surface area contributed by atoms with Crippen molar-refractivity contribution >= 4 is 27.7 Å². The maximum Gasteiger partial charge on any atom is 0.103 e. The van der Waals surface area contributed by atoms with Gasteiger partial charge in [0.2, 0.25) is 0 Å². The predicted octanol–water partition coefficient (Wildman–Crippen LogP) is 12.1. The molecule has 0 aromatic heterocycles. The third-order valence-electron chi connectivity index (χ3n) is 8.25. The maximum atomic E-state index is 3.86. The molecule has 1 aliphatic rings. The van der Waals surface area contributed by atoms with Crippen molar-refractivity contribution in [1.29, 1.82) is 0 Å². The third kappa shape index (κ3) is 16.7. The Morgan fingerprint density at radius 1 is 0.650 bits per heavy atom. The normalized spacial score (nSPS) is 15.2. The van der Waals surface area contributed by atoms with Crippen LogP contribution in [0.4, 0.5) is 5.69 Å². The van der Waals surface area contributed by atoms with Gasteiger partial charge < -0.3 is 9.80 Å². The van der Waals surface area contributed by atoms with Crippen LogP contribution in [0.25, 0.3) is 6.08 Å². The van der Waals surface area contributed by atoms with E-state index < -0.39 is 0 Å². The number of nitrogens with zero attached hydrogens (tertiary/aromatic N) is 2. The summed E-state index contributed by atoms with van der Waals surface area (Å²) in [4.78, 5) is 4.83. The quantitative estimate of drug-likeness (QED) is 0.0650. The number of rotatable bonds is 24. The Bertz CT molecular complexity index is 823. The summed E-state index contributed by atoms with van der Waals surface area (Å²) in [5, 5.41) is 0. The molecule has 1 aliphatic heterocycles. The fourth-order valence-corrected chi connectivity index (χ4v) is 6.16. The van der Waals surface area contributed by atoms with E-state index in [0.29, 0.717) is 0 Å². The molecule has 0 fully saturated rings. The third-order valence-corrected chi connectivity index (χ3v) is 9.04. The van der Waals surface area contributed by atoms with Crippen molar-refractivity contribution in [3.8, 4) is 0 Å². The van der Waals surface area contributed by atoms with Gasteiger partial charge in [-0.15, -0.1) is 0 Å². The van der Waals surface area contributed by atoms with Crippen molar-refractivity contribution in [3.63, 3.8) is 0 Å². The first kappa shape index (κ1) is 34.7. The van der Waals surface area contributed by atoms with Gasteiger partial charge >= 0.3 is 0 Å². The van der Waals surface area contributed by atoms with E-state index in [-0.39, 0.29) is 4.95 Å². The molecule has 1 aromatic rings. The number of hydrogen-bond donors (Lipinski definition) is 0. The van der Waals surface area contributed by atoms with Crippen LogP contribution in [-0.4, -0.2) is 30.5 Å². The molecule has 1 heterocycles. The van der Waals surface area contributed by atoms with Crippen molar-refractivity contribution in [2.75, 3.05) is 25.5 Å². The number of hydrogen-bond acceptors (Lipinski definition) is 2. The fourth-order valence-electron chi connectivity index (χ4n) is 5.51. The average Bonchev–Trinajstić information content (AvgIpc) is 2.96. The SMILES string of the molecule is CCCCCCCCCCCCCCCCCCCCCCN1C=CC(C=Cc2ccc(N(C)C)cc2)=CC1Br. The summed E-state index contributed by atoms with van der Waals surface area (Å²) in [6.45, 7) is 3.43. The molecule has 0 spiro atoms. The molecule has 40 heavy (non-hydrogen) atoms. The molecule has 0 amide bonds. The Hall–Kier alpha value is -1.48. The van der Waals surface area contributed by atoms with Crippen LogP contribution in [0.3, 0.4) is 0 Å². The second kappa shape index (κ2) is 23.1. The molecule has 0 radical (unpaired) electrons. The van der Waals surface area contributed by atoms with E-state index in [0.717, 1.165) is 6.54 Å². The molecule has 1 atom stereocenters. The van der Waals surface area contributed by atoms with Crippen molar-refractivity contribution < 1.29 is 0 Å². The Labute approximate surface area is 257 Å². The summed E-state index contributed by atoms with van der Waals surface area (Å²) < 4.78 is 0. The van der Waals surface area contributed by atoms with E-state index in [2.05, 4.69) is 102 Å². The molecule has 226 valence electrons. The lowest BCUT2D eigenvalue weighted by Gasteiger charge is -2.27. The van der Waals surface area contributed by atoms with Gasteiger partial charge in [0.1, 0.15) is 4.95 Å². The Balaban J connectivity index is 1.38. The minimum Gasteiger partial charge on any atom is -0.378 e. The lowest BCUT2D eigenvalue weighted by Crippen LogP contribution is -2.27. The zero-order chi connectivity index (χ0) is 28.7. The molecule has 3 heteroatoms. The van der Waals surface area contributed by atoms with Gasteiger partial charge in [-0.25, -0.2) is 0 Å². The molecule has 2 nitrogen and oxygen atoms in total. The van der Waals surface area contributed by atoms with Gasteiger partial charge in [0, 0.05) is 32.5 Å². The number of alkyl halides is 1. The summed E-state index contributed by atoms with van der Waals surface area (Å²) in [6.07, 6.45) is 39.9. The lowest BCUT2D eigenvalue weighted by molar-refractivity contribution is 0.374. The number of benzene rings is 1. The topological polar surface area (TPSA) is 6.48 Å². The number of allylic oxidation sites excluding steroid dienone is 3. The van der Waals surface area contributed by atoms with Gasteiger partial charge in [-0.1, -0.05) is 169 Å². The molecule has 1 aromatic carbocycles. The standard InChI is InChI=1S/C37H61BrN2/c1-4-5-6-7-8-9-10-11-12-13-14-15-16-17-18-19-20-21-22-23-31-40-32-30-35(33-37(40)38)25-24-34-26-28-36(29-27-34)39(2)3/h24-30,32-33,37H,4-23,31H2,1-3H3. The zero-order valence-corrected chi connectivity index (χ0v) is 28.0. The highest BCUT2D eigenvalue weighted by molar-refractivity contribution is 9.09. The van der Waals surface area contributed by atoms with E-state index in [9.17, 15) is 0 Å². The summed E-state index contributed by atoms with van der Waals surface area (Å²) >= 11 is 3.86. The largest absolute Gasteiger partial charge is 0.378 e. The average molecular weight is 614 g/mol. The molecule has 1 unspecified atom stereocenters. The van der Waals surface area contributed by atoms with Crippen molar-refractivity contribution in [3.05, 3.63) is 59.8 Å². The zero-order valence-electron chi connectivity index (χ0n) is 26.4. The molecule has 0 saturated heterocycles. The number of anilines is 1. The van der Waals surface area contributed by atoms with E-state index in [1.807, 2.05) is 0 Å². The van der Waals surface area contributed by atoms with Gasteiger partial charge in [-0.2, -0.15) is 0 Å². The molecule has 2 rings (SSSR count). The number of halogens is 1. The first-order valence-electron chi connectivity index (χ1n) is 16.9. The molecule has 0 N–H and O–H groups in total. The smallest absolute Gasteiger partial charge is 0.103 e. The summed E-state index contributed by atoms with van der Waals surface area (Å²) in [5.41, 5.74) is 3.73. The molecule has 0 aliphatic carbocycles. The van der Waals surface area contributed by atoms with E-state index in [1.165, 1.54) is 145 Å². The monoisotopic (exact) mass is 612 g/mol. The van der Waals surface area contributed by atoms with Crippen LogP contribution in [0.1, 0.15) is 141 Å². The van der Waals surface area contributed by atoms with E-state index >= 15 is 0 Å². The van der Waals surface area contributed by atoms with Crippen molar-refractivity contribution in [2.45, 2.75) is 140 Å². The highest BCUT2D eigenvalue weighted by Crippen LogP contribution is 2.22. The van der Waals surface area contributed by atoms with E-state index in [4.69, 9.17) is 0 Å². The Morgan fingerprint density at radius 3 is 1.52 bits per heavy atom. The van der Waals surface area contributed by atoms with Crippen LogP contribution in [0.15, 0.2) is 54.3 Å². The van der Waals surface area contributed by atoms with Crippen LogP contribution >= 0.6 is 15.9 Å². The predicted molar refractivity (Wildman–Crippen MR) is 184 cm³/mol. The van der Waals surface area contributed by atoms with Crippen LogP contribution in [0.5, 0.6) is 0 Å². The minimum atomic E-state index is 0.286. The lowest BCUT2D eigenvalue weighted by atomic mass is 10.0. The Kier molecular flexibility index (Phi) is 20.1. The molecule has 0 saturated carbocycles. The number of unbranched alkanes of at least 4 members (excludes halogenated alkanes) is 19. The van der Waals surface area contributed by atoms with Crippen LogP contribution < -0.4 is 4.90 Å². The Morgan fingerprint density at radius 2 is 1.10 bits per heavy atom. The molecular formula is C37H61BrN2. The minimum absolute atomic E-state index is 0.286. The first-order chi connectivity index (χ1) is 19.6. The van der Waals surface area contributed by atoms with Crippen molar-refractivity contribution in [1.82, 2.24) is 4.90 Å². The van der Waals surface area contributed by atoms with Crippen LogP contribution in [0, 0.1) is 0 Å². The van der Waals surface area contributed by atoms with Gasteiger partial charge in [0.15, 0.2) is 0 Å².